The minimum atomic E-state index is -3.86. The molecule has 106 valence electrons. The first-order valence-corrected chi connectivity index (χ1v) is 7.77. The van der Waals surface area contributed by atoms with Gasteiger partial charge in [0.15, 0.2) is 0 Å². The average molecular weight is 334 g/mol. The summed E-state index contributed by atoms with van der Waals surface area (Å²) in [7, 11) is -3.86. The molecule has 0 spiro atoms. The van der Waals surface area contributed by atoms with Crippen molar-refractivity contribution in [3.8, 4) is 0 Å². The molecule has 0 radical (unpaired) electrons. The smallest absolute Gasteiger partial charge is 0.263 e. The third kappa shape index (κ3) is 3.23. The van der Waals surface area contributed by atoms with E-state index in [1.165, 1.54) is 24.3 Å². The van der Waals surface area contributed by atoms with Gasteiger partial charge in [-0.05, 0) is 48.9 Å². The number of halogens is 3. The lowest BCUT2D eigenvalue weighted by Gasteiger charge is -2.11. The van der Waals surface area contributed by atoms with E-state index >= 15 is 0 Å². The van der Waals surface area contributed by atoms with Gasteiger partial charge in [-0.25, -0.2) is 12.8 Å². The molecule has 0 bridgehead atoms. The second-order valence-corrected chi connectivity index (χ2v) is 6.61. The van der Waals surface area contributed by atoms with Crippen LogP contribution in [0.5, 0.6) is 0 Å². The molecule has 20 heavy (non-hydrogen) atoms. The predicted octanol–water partition coefficient (Wildman–Crippen LogP) is 4.24. The molecule has 0 atom stereocenters. The van der Waals surface area contributed by atoms with Gasteiger partial charge in [-0.2, -0.15) is 0 Å². The summed E-state index contributed by atoms with van der Waals surface area (Å²) in [6.45, 7) is 1.68. The molecule has 0 fully saturated rings. The number of hydrogen-bond acceptors (Lipinski definition) is 2. The molecule has 0 saturated heterocycles. The molecule has 2 aromatic carbocycles. The Morgan fingerprint density at radius 3 is 2.25 bits per heavy atom. The summed E-state index contributed by atoms with van der Waals surface area (Å²) in [5.41, 5.74) is 0.839. The van der Waals surface area contributed by atoms with Crippen LogP contribution in [0.15, 0.2) is 41.3 Å². The Morgan fingerprint density at radius 1 is 1.05 bits per heavy atom. The highest BCUT2D eigenvalue weighted by atomic mass is 35.5. The SMILES string of the molecule is Cc1cc(S(=O)(=O)Nc2ccc(F)cc2)c(Cl)cc1Cl. The summed E-state index contributed by atoms with van der Waals surface area (Å²) in [5, 5.41) is 0.408. The highest BCUT2D eigenvalue weighted by Gasteiger charge is 2.19. The molecule has 0 saturated carbocycles. The number of hydrogen-bond donors (Lipinski definition) is 1. The van der Waals surface area contributed by atoms with Crippen LogP contribution in [-0.4, -0.2) is 8.42 Å². The van der Waals surface area contributed by atoms with Gasteiger partial charge in [0.05, 0.1) is 5.02 Å². The predicted molar refractivity (Wildman–Crippen MR) is 78.4 cm³/mol. The van der Waals surface area contributed by atoms with E-state index in [1.807, 2.05) is 0 Å². The van der Waals surface area contributed by atoms with Crippen molar-refractivity contribution >= 4 is 38.9 Å². The van der Waals surface area contributed by atoms with Gasteiger partial charge in [0, 0.05) is 10.7 Å². The van der Waals surface area contributed by atoms with Gasteiger partial charge < -0.3 is 0 Å². The summed E-state index contributed by atoms with van der Waals surface area (Å²) in [5.74, 6) is -0.451. The van der Waals surface area contributed by atoms with Gasteiger partial charge in [-0.3, -0.25) is 4.72 Å². The lowest BCUT2D eigenvalue weighted by molar-refractivity contribution is 0.601. The maximum atomic E-state index is 12.8. The molecule has 0 amide bonds. The minimum absolute atomic E-state index is 0.0233. The molecule has 3 nitrogen and oxygen atoms in total. The Morgan fingerprint density at radius 2 is 1.65 bits per heavy atom. The number of anilines is 1. The monoisotopic (exact) mass is 333 g/mol. The van der Waals surface area contributed by atoms with E-state index < -0.39 is 15.8 Å². The lowest BCUT2D eigenvalue weighted by atomic mass is 10.2. The van der Waals surface area contributed by atoms with Crippen molar-refractivity contribution in [2.24, 2.45) is 0 Å². The van der Waals surface area contributed by atoms with E-state index in [1.54, 1.807) is 6.92 Å². The van der Waals surface area contributed by atoms with E-state index in [2.05, 4.69) is 4.72 Å². The molecule has 0 aliphatic heterocycles. The molecule has 0 aliphatic carbocycles. The Kier molecular flexibility index (Phi) is 4.22. The first-order chi connectivity index (χ1) is 9.29. The normalized spacial score (nSPS) is 11.4. The largest absolute Gasteiger partial charge is 0.280 e. The van der Waals surface area contributed by atoms with E-state index in [-0.39, 0.29) is 15.6 Å². The molecule has 2 aromatic rings. The standard InChI is InChI=1S/C13H10Cl2FNO2S/c1-8-6-13(12(15)7-11(8)14)20(18,19)17-10-4-2-9(16)3-5-10/h2-7,17H,1H3. The van der Waals surface area contributed by atoms with Gasteiger partial charge in [0.1, 0.15) is 10.7 Å². The molecule has 2 rings (SSSR count). The molecular weight excluding hydrogens is 324 g/mol. The van der Waals surface area contributed by atoms with Crippen molar-refractivity contribution in [2.75, 3.05) is 4.72 Å². The first kappa shape index (κ1) is 15.1. The second-order valence-electron chi connectivity index (χ2n) is 4.14. The van der Waals surface area contributed by atoms with Crippen LogP contribution < -0.4 is 4.72 Å². The van der Waals surface area contributed by atoms with Crippen molar-refractivity contribution in [1.29, 1.82) is 0 Å². The van der Waals surface area contributed by atoms with Crippen LogP contribution in [-0.2, 0) is 10.0 Å². The summed E-state index contributed by atoms with van der Waals surface area (Å²) < 4.78 is 39.6. The second kappa shape index (κ2) is 5.60. The molecule has 1 N–H and O–H groups in total. The fourth-order valence-corrected chi connectivity index (χ4v) is 3.46. The quantitative estimate of drug-likeness (QED) is 0.912. The number of rotatable bonds is 3. The Bertz CT molecular complexity index is 746. The van der Waals surface area contributed by atoms with Crippen molar-refractivity contribution in [3.05, 3.63) is 57.8 Å². The van der Waals surface area contributed by atoms with Crippen molar-refractivity contribution in [1.82, 2.24) is 0 Å². The molecule has 7 heteroatoms. The third-order valence-electron chi connectivity index (χ3n) is 2.60. The molecule has 0 heterocycles. The number of benzene rings is 2. The van der Waals surface area contributed by atoms with Crippen LogP contribution in [0.3, 0.4) is 0 Å². The van der Waals surface area contributed by atoms with Gasteiger partial charge in [-0.1, -0.05) is 23.2 Å². The highest BCUT2D eigenvalue weighted by Crippen LogP contribution is 2.29. The maximum absolute atomic E-state index is 12.8. The van der Waals surface area contributed by atoms with Crippen LogP contribution in [0.1, 0.15) is 5.56 Å². The zero-order valence-electron chi connectivity index (χ0n) is 10.3. The zero-order chi connectivity index (χ0) is 14.9. The number of nitrogens with one attached hydrogen (secondary N) is 1. The van der Waals surface area contributed by atoms with E-state index in [0.717, 1.165) is 12.1 Å². The van der Waals surface area contributed by atoms with Crippen molar-refractivity contribution < 1.29 is 12.8 Å². The minimum Gasteiger partial charge on any atom is -0.280 e. The van der Waals surface area contributed by atoms with E-state index in [0.29, 0.717) is 10.6 Å². The fraction of sp³-hybridized carbons (Fsp3) is 0.0769. The van der Waals surface area contributed by atoms with Gasteiger partial charge in [-0.15, -0.1) is 0 Å². The number of sulfonamides is 1. The van der Waals surface area contributed by atoms with Crippen LogP contribution in [0, 0.1) is 12.7 Å². The average Bonchev–Trinajstić information content (AvgIpc) is 2.36. The topological polar surface area (TPSA) is 46.2 Å². The Labute approximate surface area is 126 Å². The van der Waals surface area contributed by atoms with Crippen molar-refractivity contribution in [2.45, 2.75) is 11.8 Å². The molecular formula is C13H10Cl2FNO2S. The molecule has 0 unspecified atom stereocenters. The highest BCUT2D eigenvalue weighted by molar-refractivity contribution is 7.92. The zero-order valence-corrected chi connectivity index (χ0v) is 12.7. The Hall–Kier alpha value is -1.30. The van der Waals surface area contributed by atoms with Crippen LogP contribution in [0.2, 0.25) is 10.0 Å². The summed E-state index contributed by atoms with van der Waals surface area (Å²) in [6.07, 6.45) is 0. The molecule has 0 aromatic heterocycles. The number of aryl methyl sites for hydroxylation is 1. The first-order valence-electron chi connectivity index (χ1n) is 5.53. The van der Waals surface area contributed by atoms with Crippen LogP contribution in [0.25, 0.3) is 0 Å². The third-order valence-corrected chi connectivity index (χ3v) is 4.85. The van der Waals surface area contributed by atoms with Crippen LogP contribution >= 0.6 is 23.2 Å². The van der Waals surface area contributed by atoms with E-state index in [9.17, 15) is 12.8 Å². The fourth-order valence-electron chi connectivity index (χ4n) is 1.56. The van der Waals surface area contributed by atoms with Gasteiger partial charge >= 0.3 is 0 Å². The molecule has 0 aliphatic rings. The Balaban J connectivity index is 2.40. The van der Waals surface area contributed by atoms with Crippen molar-refractivity contribution in [3.63, 3.8) is 0 Å². The van der Waals surface area contributed by atoms with Gasteiger partial charge in [0.2, 0.25) is 0 Å². The maximum Gasteiger partial charge on any atom is 0.263 e. The summed E-state index contributed by atoms with van der Waals surface area (Å²) in [4.78, 5) is -0.0783. The summed E-state index contributed by atoms with van der Waals surface area (Å²) in [6, 6.07) is 7.72. The summed E-state index contributed by atoms with van der Waals surface area (Å²) >= 11 is 11.8. The van der Waals surface area contributed by atoms with E-state index in [4.69, 9.17) is 23.2 Å². The van der Waals surface area contributed by atoms with Crippen LogP contribution in [0.4, 0.5) is 10.1 Å². The lowest BCUT2D eigenvalue weighted by Crippen LogP contribution is -2.13. The van der Waals surface area contributed by atoms with Gasteiger partial charge in [0.25, 0.3) is 10.0 Å².